The fraction of sp³-hybridized carbons (Fsp3) is 0.308. The molecule has 8 nitrogen and oxygen atoms in total. The monoisotopic (exact) mass is 292 g/mol. The van der Waals surface area contributed by atoms with E-state index in [0.717, 1.165) is 0 Å². The predicted molar refractivity (Wildman–Crippen MR) is 73.8 cm³/mol. The van der Waals surface area contributed by atoms with Crippen LogP contribution in [0.2, 0.25) is 0 Å². The molecule has 0 aliphatic rings. The van der Waals surface area contributed by atoms with Crippen molar-refractivity contribution in [3.8, 4) is 11.5 Å². The number of nitrogen functional groups attached to an aromatic ring is 1. The molecule has 0 saturated carbocycles. The smallest absolute Gasteiger partial charge is 0.328 e. The minimum atomic E-state index is -0.454. The first-order valence-corrected chi connectivity index (χ1v) is 6.13. The first kappa shape index (κ1) is 14.6. The second kappa shape index (κ2) is 6.60. The van der Waals surface area contributed by atoms with Crippen LogP contribution in [0.5, 0.6) is 11.5 Å². The van der Waals surface area contributed by atoms with Crippen molar-refractivity contribution in [2.24, 2.45) is 0 Å². The first-order chi connectivity index (χ1) is 10.1. The highest BCUT2D eigenvalue weighted by molar-refractivity contribution is 5.69. The van der Waals surface area contributed by atoms with Crippen LogP contribution in [-0.2, 0) is 22.7 Å². The summed E-state index contributed by atoms with van der Waals surface area (Å²) in [5, 5.41) is 3.90. The molecule has 0 aromatic carbocycles. The van der Waals surface area contributed by atoms with E-state index in [9.17, 15) is 4.79 Å². The SMILES string of the molecule is COc1ccnc(COC(=O)Cn2cc(N)cn2)c1OC. The summed E-state index contributed by atoms with van der Waals surface area (Å²) in [6.07, 6.45) is 4.56. The molecule has 0 saturated heterocycles. The van der Waals surface area contributed by atoms with E-state index in [-0.39, 0.29) is 13.2 Å². The zero-order chi connectivity index (χ0) is 15.2. The molecule has 0 aliphatic heterocycles. The minimum absolute atomic E-state index is 0.0179. The van der Waals surface area contributed by atoms with Crippen molar-refractivity contribution in [3.05, 3.63) is 30.4 Å². The van der Waals surface area contributed by atoms with Crippen molar-refractivity contribution in [2.75, 3.05) is 20.0 Å². The number of carbonyl (C=O) groups excluding carboxylic acids is 1. The molecule has 0 amide bonds. The number of pyridine rings is 1. The van der Waals surface area contributed by atoms with Gasteiger partial charge in [0, 0.05) is 18.5 Å². The van der Waals surface area contributed by atoms with Gasteiger partial charge in [-0.1, -0.05) is 0 Å². The number of carbonyl (C=O) groups is 1. The van der Waals surface area contributed by atoms with E-state index in [0.29, 0.717) is 22.9 Å². The maximum atomic E-state index is 11.7. The Kier molecular flexibility index (Phi) is 4.60. The molecule has 0 spiro atoms. The van der Waals surface area contributed by atoms with Gasteiger partial charge < -0.3 is 19.9 Å². The quantitative estimate of drug-likeness (QED) is 0.779. The fourth-order valence-electron chi connectivity index (χ4n) is 1.75. The van der Waals surface area contributed by atoms with Gasteiger partial charge in [-0.15, -0.1) is 0 Å². The van der Waals surface area contributed by atoms with E-state index in [2.05, 4.69) is 10.1 Å². The summed E-state index contributed by atoms with van der Waals surface area (Å²) in [5.74, 6) is 0.513. The van der Waals surface area contributed by atoms with Crippen molar-refractivity contribution >= 4 is 11.7 Å². The van der Waals surface area contributed by atoms with Gasteiger partial charge >= 0.3 is 5.97 Å². The topological polar surface area (TPSA) is 101 Å². The van der Waals surface area contributed by atoms with E-state index < -0.39 is 5.97 Å². The molecule has 0 aliphatic carbocycles. The number of anilines is 1. The zero-order valence-electron chi connectivity index (χ0n) is 11.8. The van der Waals surface area contributed by atoms with Crippen LogP contribution < -0.4 is 15.2 Å². The van der Waals surface area contributed by atoms with Gasteiger partial charge in [-0.25, -0.2) is 0 Å². The highest BCUT2D eigenvalue weighted by atomic mass is 16.5. The van der Waals surface area contributed by atoms with Crippen molar-refractivity contribution < 1.29 is 19.0 Å². The highest BCUT2D eigenvalue weighted by Gasteiger charge is 2.13. The lowest BCUT2D eigenvalue weighted by Gasteiger charge is -2.11. The van der Waals surface area contributed by atoms with Gasteiger partial charge in [-0.2, -0.15) is 5.10 Å². The van der Waals surface area contributed by atoms with E-state index in [1.54, 1.807) is 18.5 Å². The lowest BCUT2D eigenvalue weighted by Crippen LogP contribution is -2.14. The third kappa shape index (κ3) is 3.62. The Balaban J connectivity index is 1.98. The zero-order valence-corrected chi connectivity index (χ0v) is 11.8. The van der Waals surface area contributed by atoms with Gasteiger partial charge in [-0.3, -0.25) is 14.5 Å². The van der Waals surface area contributed by atoms with Crippen LogP contribution in [0.15, 0.2) is 24.7 Å². The molecule has 2 aromatic rings. The number of ether oxygens (including phenoxy) is 3. The fourth-order valence-corrected chi connectivity index (χ4v) is 1.75. The summed E-state index contributed by atoms with van der Waals surface area (Å²) < 4.78 is 16.9. The number of esters is 1. The molecule has 2 heterocycles. The third-order valence-corrected chi connectivity index (χ3v) is 2.68. The normalized spacial score (nSPS) is 10.2. The first-order valence-electron chi connectivity index (χ1n) is 6.13. The van der Waals surface area contributed by atoms with Crippen LogP contribution >= 0.6 is 0 Å². The lowest BCUT2D eigenvalue weighted by molar-refractivity contribution is -0.146. The van der Waals surface area contributed by atoms with Crippen LogP contribution in [0.3, 0.4) is 0 Å². The summed E-state index contributed by atoms with van der Waals surface area (Å²) in [5.41, 5.74) is 6.48. The maximum Gasteiger partial charge on any atom is 0.328 e. The number of rotatable bonds is 6. The van der Waals surface area contributed by atoms with Gasteiger partial charge in [0.2, 0.25) is 0 Å². The lowest BCUT2D eigenvalue weighted by atomic mass is 10.3. The molecule has 0 unspecified atom stereocenters. The highest BCUT2D eigenvalue weighted by Crippen LogP contribution is 2.29. The average molecular weight is 292 g/mol. The van der Waals surface area contributed by atoms with Crippen molar-refractivity contribution in [1.29, 1.82) is 0 Å². The number of hydrogen-bond donors (Lipinski definition) is 1. The summed E-state index contributed by atoms with van der Waals surface area (Å²) in [6, 6.07) is 1.66. The number of aromatic nitrogens is 3. The van der Waals surface area contributed by atoms with Gasteiger partial charge in [0.05, 0.1) is 26.1 Å². The molecule has 2 rings (SSSR count). The molecular formula is C13H16N4O4. The van der Waals surface area contributed by atoms with Crippen molar-refractivity contribution in [3.63, 3.8) is 0 Å². The third-order valence-electron chi connectivity index (χ3n) is 2.68. The predicted octanol–water partition coefficient (Wildman–Crippen LogP) is 0.621. The molecule has 0 bridgehead atoms. The Morgan fingerprint density at radius 3 is 2.81 bits per heavy atom. The number of nitrogens with two attached hydrogens (primary N) is 1. The number of hydrogen-bond acceptors (Lipinski definition) is 7. The van der Waals surface area contributed by atoms with Gasteiger partial charge in [-0.05, 0) is 0 Å². The molecule has 2 N–H and O–H groups in total. The molecular weight excluding hydrogens is 276 g/mol. The molecule has 0 atom stereocenters. The Morgan fingerprint density at radius 2 is 2.19 bits per heavy atom. The number of nitrogens with zero attached hydrogens (tertiary/aromatic N) is 3. The Labute approximate surface area is 121 Å². The van der Waals surface area contributed by atoms with Crippen LogP contribution in [0, 0.1) is 0 Å². The van der Waals surface area contributed by atoms with E-state index >= 15 is 0 Å². The maximum absolute atomic E-state index is 11.7. The van der Waals surface area contributed by atoms with Crippen LogP contribution in [0.25, 0.3) is 0 Å². The average Bonchev–Trinajstić information content (AvgIpc) is 2.89. The summed E-state index contributed by atoms with van der Waals surface area (Å²) in [4.78, 5) is 15.8. The second-order valence-corrected chi connectivity index (χ2v) is 4.13. The van der Waals surface area contributed by atoms with E-state index in [1.807, 2.05) is 0 Å². The van der Waals surface area contributed by atoms with Crippen LogP contribution in [0.4, 0.5) is 5.69 Å². The Hall–Kier alpha value is -2.77. The van der Waals surface area contributed by atoms with Gasteiger partial charge in [0.25, 0.3) is 0 Å². The van der Waals surface area contributed by atoms with Crippen LogP contribution in [0.1, 0.15) is 5.69 Å². The van der Waals surface area contributed by atoms with Crippen molar-refractivity contribution in [2.45, 2.75) is 13.2 Å². The summed E-state index contributed by atoms with van der Waals surface area (Å²) in [7, 11) is 3.02. The van der Waals surface area contributed by atoms with E-state index in [1.165, 1.54) is 25.1 Å². The molecule has 112 valence electrons. The van der Waals surface area contributed by atoms with Crippen molar-refractivity contribution in [1.82, 2.24) is 14.8 Å². The van der Waals surface area contributed by atoms with E-state index in [4.69, 9.17) is 19.9 Å². The largest absolute Gasteiger partial charge is 0.493 e. The van der Waals surface area contributed by atoms with Gasteiger partial charge in [0.15, 0.2) is 11.5 Å². The molecule has 21 heavy (non-hydrogen) atoms. The molecule has 0 radical (unpaired) electrons. The standard InChI is InChI=1S/C13H16N4O4/c1-19-11-3-4-15-10(13(11)20-2)8-21-12(18)7-17-6-9(14)5-16-17/h3-6H,7-8,14H2,1-2H3. The van der Waals surface area contributed by atoms with Crippen LogP contribution in [-0.4, -0.2) is 35.0 Å². The minimum Gasteiger partial charge on any atom is -0.493 e. The molecule has 0 fully saturated rings. The number of methoxy groups -OCH3 is 2. The second-order valence-electron chi connectivity index (χ2n) is 4.13. The Bertz CT molecular complexity index is 626. The Morgan fingerprint density at radius 1 is 1.38 bits per heavy atom. The van der Waals surface area contributed by atoms with Gasteiger partial charge in [0.1, 0.15) is 18.8 Å². The molecule has 2 aromatic heterocycles. The molecule has 8 heteroatoms. The summed E-state index contributed by atoms with van der Waals surface area (Å²) >= 11 is 0. The summed E-state index contributed by atoms with van der Waals surface area (Å²) in [6.45, 7) is -0.0422.